The van der Waals surface area contributed by atoms with Crippen LogP contribution in [0, 0.1) is 6.92 Å². The summed E-state index contributed by atoms with van der Waals surface area (Å²) in [6.07, 6.45) is 1.79. The van der Waals surface area contributed by atoms with E-state index in [-0.39, 0.29) is 0 Å². The maximum absolute atomic E-state index is 5.79. The number of anilines is 1. The average molecular weight is 187 g/mol. The number of rotatable bonds is 1. The van der Waals surface area contributed by atoms with E-state index in [0.29, 0.717) is 0 Å². The molecule has 0 spiro atoms. The summed E-state index contributed by atoms with van der Waals surface area (Å²) in [6.45, 7) is 2.04. The van der Waals surface area contributed by atoms with Gasteiger partial charge in [-0.2, -0.15) is 5.10 Å². The SMILES string of the molecule is Cc1cc(N)cc(-c2ccnn2C)c1. The molecule has 0 saturated carbocycles. The van der Waals surface area contributed by atoms with Gasteiger partial charge in [-0.05, 0) is 36.8 Å². The molecular weight excluding hydrogens is 174 g/mol. The molecule has 0 amide bonds. The third-order valence-corrected chi connectivity index (χ3v) is 2.22. The molecule has 1 aromatic carbocycles. The van der Waals surface area contributed by atoms with Crippen molar-refractivity contribution >= 4 is 5.69 Å². The van der Waals surface area contributed by atoms with Crippen LogP contribution in [0.25, 0.3) is 11.3 Å². The first-order chi connectivity index (χ1) is 6.66. The van der Waals surface area contributed by atoms with Crippen LogP contribution in [0.1, 0.15) is 5.56 Å². The molecule has 2 aromatic rings. The van der Waals surface area contributed by atoms with E-state index in [9.17, 15) is 0 Å². The molecule has 2 rings (SSSR count). The molecule has 0 aliphatic heterocycles. The minimum Gasteiger partial charge on any atom is -0.399 e. The molecule has 3 heteroatoms. The molecule has 3 nitrogen and oxygen atoms in total. The fourth-order valence-corrected chi connectivity index (χ4v) is 1.62. The number of hydrogen-bond acceptors (Lipinski definition) is 2. The van der Waals surface area contributed by atoms with Crippen LogP contribution in [0.3, 0.4) is 0 Å². The lowest BCUT2D eigenvalue weighted by atomic mass is 10.1. The van der Waals surface area contributed by atoms with Gasteiger partial charge in [0, 0.05) is 24.5 Å². The number of nitrogen functional groups attached to an aromatic ring is 1. The minimum absolute atomic E-state index is 0.793. The maximum atomic E-state index is 5.79. The first-order valence-corrected chi connectivity index (χ1v) is 4.52. The molecule has 0 bridgehead atoms. The fraction of sp³-hybridized carbons (Fsp3) is 0.182. The van der Waals surface area contributed by atoms with Crippen LogP contribution in [0.15, 0.2) is 30.5 Å². The van der Waals surface area contributed by atoms with Crippen LogP contribution in [-0.2, 0) is 7.05 Å². The smallest absolute Gasteiger partial charge is 0.0679 e. The summed E-state index contributed by atoms with van der Waals surface area (Å²) < 4.78 is 1.84. The second-order valence-corrected chi connectivity index (χ2v) is 3.47. The van der Waals surface area contributed by atoms with Crippen molar-refractivity contribution < 1.29 is 0 Å². The maximum Gasteiger partial charge on any atom is 0.0679 e. The molecule has 0 unspecified atom stereocenters. The summed E-state index contributed by atoms with van der Waals surface area (Å²) in [6, 6.07) is 8.01. The molecule has 72 valence electrons. The molecule has 0 aliphatic rings. The topological polar surface area (TPSA) is 43.8 Å². The second-order valence-electron chi connectivity index (χ2n) is 3.47. The Morgan fingerprint density at radius 2 is 2.07 bits per heavy atom. The monoisotopic (exact) mass is 187 g/mol. The summed E-state index contributed by atoms with van der Waals surface area (Å²) >= 11 is 0. The summed E-state index contributed by atoms with van der Waals surface area (Å²) in [5, 5.41) is 4.13. The summed E-state index contributed by atoms with van der Waals surface area (Å²) in [5.74, 6) is 0. The number of aromatic nitrogens is 2. The van der Waals surface area contributed by atoms with Crippen molar-refractivity contribution in [3.63, 3.8) is 0 Å². The highest BCUT2D eigenvalue weighted by molar-refractivity contribution is 5.65. The van der Waals surface area contributed by atoms with Gasteiger partial charge in [0.05, 0.1) is 5.69 Å². The Kier molecular flexibility index (Phi) is 2.00. The van der Waals surface area contributed by atoms with Gasteiger partial charge in [0.15, 0.2) is 0 Å². The van der Waals surface area contributed by atoms with Crippen molar-refractivity contribution in [2.45, 2.75) is 6.92 Å². The summed E-state index contributed by atoms with van der Waals surface area (Å²) in [4.78, 5) is 0. The van der Waals surface area contributed by atoms with Crippen molar-refractivity contribution in [2.75, 3.05) is 5.73 Å². The average Bonchev–Trinajstić information content (AvgIpc) is 2.49. The molecule has 2 N–H and O–H groups in total. The molecule has 0 atom stereocenters. The highest BCUT2D eigenvalue weighted by Crippen LogP contribution is 2.22. The second kappa shape index (κ2) is 3.18. The quantitative estimate of drug-likeness (QED) is 0.694. The lowest BCUT2D eigenvalue weighted by Crippen LogP contribution is -1.95. The van der Waals surface area contributed by atoms with E-state index in [2.05, 4.69) is 11.2 Å². The van der Waals surface area contributed by atoms with Gasteiger partial charge < -0.3 is 5.73 Å². The van der Waals surface area contributed by atoms with E-state index < -0.39 is 0 Å². The van der Waals surface area contributed by atoms with Crippen LogP contribution < -0.4 is 5.73 Å². The van der Waals surface area contributed by atoms with Gasteiger partial charge in [0.2, 0.25) is 0 Å². The molecule has 0 aliphatic carbocycles. The molecule has 14 heavy (non-hydrogen) atoms. The molecular formula is C11H13N3. The van der Waals surface area contributed by atoms with E-state index in [1.165, 1.54) is 5.56 Å². The predicted octanol–water partition coefficient (Wildman–Crippen LogP) is 1.98. The predicted molar refractivity (Wildman–Crippen MR) is 57.8 cm³/mol. The van der Waals surface area contributed by atoms with Gasteiger partial charge in [-0.1, -0.05) is 0 Å². The number of nitrogens with zero attached hydrogens (tertiary/aromatic N) is 2. The molecule has 0 radical (unpaired) electrons. The van der Waals surface area contributed by atoms with Crippen molar-refractivity contribution in [3.05, 3.63) is 36.0 Å². The van der Waals surface area contributed by atoms with E-state index in [1.54, 1.807) is 6.20 Å². The van der Waals surface area contributed by atoms with Crippen LogP contribution in [0.5, 0.6) is 0 Å². The van der Waals surface area contributed by atoms with E-state index >= 15 is 0 Å². The van der Waals surface area contributed by atoms with Gasteiger partial charge in [0.1, 0.15) is 0 Å². The minimum atomic E-state index is 0.793. The first-order valence-electron chi connectivity index (χ1n) is 4.52. The Balaban J connectivity index is 2.57. The number of hydrogen-bond donors (Lipinski definition) is 1. The molecule has 0 saturated heterocycles. The van der Waals surface area contributed by atoms with Gasteiger partial charge in [-0.15, -0.1) is 0 Å². The van der Waals surface area contributed by atoms with Crippen molar-refractivity contribution in [1.29, 1.82) is 0 Å². The van der Waals surface area contributed by atoms with E-state index in [0.717, 1.165) is 16.9 Å². The highest BCUT2D eigenvalue weighted by Gasteiger charge is 2.03. The zero-order valence-electron chi connectivity index (χ0n) is 8.36. The van der Waals surface area contributed by atoms with Crippen LogP contribution in [-0.4, -0.2) is 9.78 Å². The molecule has 1 heterocycles. The zero-order valence-corrected chi connectivity index (χ0v) is 8.36. The Hall–Kier alpha value is -1.77. The van der Waals surface area contributed by atoms with Crippen LogP contribution in [0.2, 0.25) is 0 Å². The Bertz CT molecular complexity index is 437. The summed E-state index contributed by atoms with van der Waals surface area (Å²) in [5.41, 5.74) is 9.94. The van der Waals surface area contributed by atoms with Crippen LogP contribution >= 0.6 is 0 Å². The van der Waals surface area contributed by atoms with E-state index in [1.807, 2.05) is 36.9 Å². The zero-order chi connectivity index (χ0) is 10.1. The van der Waals surface area contributed by atoms with Gasteiger partial charge in [-0.3, -0.25) is 4.68 Å². The standard InChI is InChI=1S/C11H13N3/c1-8-5-9(7-10(12)6-8)11-3-4-13-14(11)2/h3-7H,12H2,1-2H3. The fourth-order valence-electron chi connectivity index (χ4n) is 1.62. The van der Waals surface area contributed by atoms with Crippen LogP contribution in [0.4, 0.5) is 5.69 Å². The van der Waals surface area contributed by atoms with Crippen molar-refractivity contribution in [3.8, 4) is 11.3 Å². The largest absolute Gasteiger partial charge is 0.399 e. The van der Waals surface area contributed by atoms with Crippen molar-refractivity contribution in [1.82, 2.24) is 9.78 Å². The third-order valence-electron chi connectivity index (χ3n) is 2.22. The van der Waals surface area contributed by atoms with Gasteiger partial charge >= 0.3 is 0 Å². The van der Waals surface area contributed by atoms with Crippen molar-refractivity contribution in [2.24, 2.45) is 7.05 Å². The molecule has 0 fully saturated rings. The number of nitrogens with two attached hydrogens (primary N) is 1. The Labute approximate surface area is 83.2 Å². The Morgan fingerprint density at radius 1 is 1.29 bits per heavy atom. The number of benzene rings is 1. The van der Waals surface area contributed by atoms with E-state index in [4.69, 9.17) is 5.73 Å². The normalized spacial score (nSPS) is 10.4. The summed E-state index contributed by atoms with van der Waals surface area (Å²) in [7, 11) is 1.92. The van der Waals surface area contributed by atoms with Gasteiger partial charge in [-0.25, -0.2) is 0 Å². The van der Waals surface area contributed by atoms with Gasteiger partial charge in [0.25, 0.3) is 0 Å². The lowest BCUT2D eigenvalue weighted by Gasteiger charge is -2.04. The number of aryl methyl sites for hydroxylation is 2. The highest BCUT2D eigenvalue weighted by atomic mass is 15.2. The first kappa shape index (κ1) is 8.81. The third kappa shape index (κ3) is 1.48. The molecule has 1 aromatic heterocycles. The Morgan fingerprint density at radius 3 is 2.64 bits per heavy atom. The lowest BCUT2D eigenvalue weighted by molar-refractivity contribution is 0.776.